The minimum Gasteiger partial charge on any atom is -0.393 e. The summed E-state index contributed by atoms with van der Waals surface area (Å²) in [5.41, 5.74) is -0.297. The molecule has 0 saturated heterocycles. The van der Waals surface area contributed by atoms with Crippen molar-refractivity contribution < 1.29 is 37.9 Å². The van der Waals surface area contributed by atoms with E-state index in [0.29, 0.717) is 12.8 Å². The number of rotatable bonds is 9. The Kier molecular flexibility index (Phi) is 9.08. The zero-order valence-electron chi connectivity index (χ0n) is 23.5. The van der Waals surface area contributed by atoms with Crippen LogP contribution in [-0.2, 0) is 19.7 Å². The topological polar surface area (TPSA) is 173 Å². The fraction of sp³-hybridized carbons (Fsp3) is 0.929. The van der Waals surface area contributed by atoms with Crippen molar-refractivity contribution in [2.75, 3.05) is 18.8 Å². The highest BCUT2D eigenvalue weighted by atomic mass is 32.2. The van der Waals surface area contributed by atoms with Crippen LogP contribution in [0.2, 0.25) is 0 Å². The van der Waals surface area contributed by atoms with Gasteiger partial charge in [0.2, 0.25) is 11.8 Å². The summed E-state index contributed by atoms with van der Waals surface area (Å²) in [5, 5.41) is 38.3. The molecule has 0 bridgehead atoms. The molecule has 0 aromatic carbocycles. The summed E-state index contributed by atoms with van der Waals surface area (Å²) in [7, 11) is -4.16. The number of nitrogens with one attached hydrogen (secondary N) is 2. The molecule has 4 fully saturated rings. The Morgan fingerprint density at radius 2 is 1.69 bits per heavy atom. The molecular weight excluding hydrogens is 524 g/mol. The van der Waals surface area contributed by atoms with Gasteiger partial charge >= 0.3 is 0 Å². The van der Waals surface area contributed by atoms with Gasteiger partial charge in [-0.1, -0.05) is 20.8 Å². The Morgan fingerprint density at radius 1 is 0.974 bits per heavy atom. The van der Waals surface area contributed by atoms with Crippen molar-refractivity contribution in [1.29, 1.82) is 0 Å². The van der Waals surface area contributed by atoms with Gasteiger partial charge in [0.05, 0.1) is 30.6 Å². The molecule has 0 aromatic heterocycles. The number of carbonyl (C=O) groups is 2. The lowest BCUT2D eigenvalue weighted by Gasteiger charge is -2.63. The Balaban J connectivity index is 1.33. The minimum absolute atomic E-state index is 0.0336. The lowest BCUT2D eigenvalue weighted by atomic mass is 9.43. The molecule has 10 nitrogen and oxygen atoms in total. The van der Waals surface area contributed by atoms with E-state index in [1.807, 2.05) is 0 Å². The van der Waals surface area contributed by atoms with E-state index in [1.165, 1.54) is 0 Å². The highest BCUT2D eigenvalue weighted by Crippen LogP contribution is 2.68. The van der Waals surface area contributed by atoms with Gasteiger partial charge in [-0.15, -0.1) is 0 Å². The molecule has 4 unspecified atom stereocenters. The summed E-state index contributed by atoms with van der Waals surface area (Å²) < 4.78 is 30.2. The summed E-state index contributed by atoms with van der Waals surface area (Å²) in [6, 6.07) is 0. The van der Waals surface area contributed by atoms with Gasteiger partial charge in [-0.25, -0.2) is 0 Å². The molecule has 4 aliphatic rings. The lowest BCUT2D eigenvalue weighted by molar-refractivity contribution is -0.207. The van der Waals surface area contributed by atoms with E-state index in [-0.39, 0.29) is 77.9 Å². The molecule has 0 aromatic rings. The minimum atomic E-state index is -4.16. The predicted octanol–water partition coefficient (Wildman–Crippen LogP) is 1.48. The van der Waals surface area contributed by atoms with E-state index < -0.39 is 34.0 Å². The van der Waals surface area contributed by atoms with Crippen LogP contribution in [0.15, 0.2) is 0 Å². The monoisotopic (exact) mass is 572 g/mol. The Hall–Kier alpha value is -1.27. The van der Waals surface area contributed by atoms with E-state index in [9.17, 15) is 33.3 Å². The molecular formula is C28H48N2O8S. The second-order valence-electron chi connectivity index (χ2n) is 13.5. The van der Waals surface area contributed by atoms with Gasteiger partial charge in [0.25, 0.3) is 10.1 Å². The molecule has 11 heteroatoms. The number of hydrogen-bond acceptors (Lipinski definition) is 7. The number of carbonyl (C=O) groups excluding carboxylic acids is 2. The first-order valence-electron chi connectivity index (χ1n) is 14.7. The Bertz CT molecular complexity index is 1020. The summed E-state index contributed by atoms with van der Waals surface area (Å²) in [5.74, 6) is -0.0801. The lowest BCUT2D eigenvalue weighted by Crippen LogP contribution is -2.62. The molecule has 0 radical (unpaired) electrons. The number of aliphatic hydroxyl groups excluding tert-OH is 3. The van der Waals surface area contributed by atoms with Gasteiger partial charge in [0.1, 0.15) is 0 Å². The van der Waals surface area contributed by atoms with Crippen LogP contribution < -0.4 is 10.6 Å². The molecule has 39 heavy (non-hydrogen) atoms. The van der Waals surface area contributed by atoms with Gasteiger partial charge in [-0.05, 0) is 97.7 Å². The van der Waals surface area contributed by atoms with Gasteiger partial charge in [0, 0.05) is 13.0 Å². The molecule has 0 heterocycles. The average Bonchev–Trinajstić information content (AvgIpc) is 3.20. The third-order valence-corrected chi connectivity index (χ3v) is 12.2. The van der Waals surface area contributed by atoms with Crippen LogP contribution in [0.3, 0.4) is 0 Å². The van der Waals surface area contributed by atoms with Crippen molar-refractivity contribution in [1.82, 2.24) is 10.6 Å². The van der Waals surface area contributed by atoms with Crippen molar-refractivity contribution in [3.63, 3.8) is 0 Å². The highest BCUT2D eigenvalue weighted by molar-refractivity contribution is 7.85. The molecule has 4 rings (SSSR count). The van der Waals surface area contributed by atoms with Crippen LogP contribution in [0, 0.1) is 46.3 Å². The highest BCUT2D eigenvalue weighted by Gasteiger charge is 2.65. The quantitative estimate of drug-likeness (QED) is 0.225. The van der Waals surface area contributed by atoms with Crippen LogP contribution in [0.5, 0.6) is 0 Å². The summed E-state index contributed by atoms with van der Waals surface area (Å²) in [4.78, 5) is 24.2. The maximum atomic E-state index is 12.4. The van der Waals surface area contributed by atoms with Crippen molar-refractivity contribution in [2.24, 2.45) is 46.3 Å². The molecule has 4 aliphatic carbocycles. The van der Waals surface area contributed by atoms with Crippen LogP contribution in [-0.4, -0.2) is 77.3 Å². The maximum Gasteiger partial charge on any atom is 0.266 e. The largest absolute Gasteiger partial charge is 0.393 e. The van der Waals surface area contributed by atoms with Crippen molar-refractivity contribution in [2.45, 2.75) is 96.9 Å². The maximum absolute atomic E-state index is 12.4. The summed E-state index contributed by atoms with van der Waals surface area (Å²) in [6.45, 7) is 6.15. The van der Waals surface area contributed by atoms with Gasteiger partial charge in [-0.3, -0.25) is 14.1 Å². The van der Waals surface area contributed by atoms with Crippen molar-refractivity contribution >= 4 is 21.9 Å². The van der Waals surface area contributed by atoms with E-state index >= 15 is 0 Å². The number of aliphatic hydroxyl groups is 3. The van der Waals surface area contributed by atoms with Crippen LogP contribution in [0.4, 0.5) is 0 Å². The fourth-order valence-corrected chi connectivity index (χ4v) is 9.70. The second kappa shape index (κ2) is 11.5. The molecule has 4 saturated carbocycles. The molecule has 11 atom stereocenters. The van der Waals surface area contributed by atoms with E-state index in [2.05, 4.69) is 31.4 Å². The Morgan fingerprint density at radius 3 is 2.38 bits per heavy atom. The molecule has 6 N–H and O–H groups in total. The van der Waals surface area contributed by atoms with E-state index in [0.717, 1.165) is 38.5 Å². The zero-order valence-corrected chi connectivity index (χ0v) is 24.3. The van der Waals surface area contributed by atoms with Crippen LogP contribution in [0.1, 0.15) is 78.6 Å². The number of hydrogen-bond donors (Lipinski definition) is 6. The van der Waals surface area contributed by atoms with E-state index in [1.54, 1.807) is 0 Å². The summed E-state index contributed by atoms with van der Waals surface area (Å²) >= 11 is 0. The third kappa shape index (κ3) is 6.17. The van der Waals surface area contributed by atoms with Crippen LogP contribution in [0.25, 0.3) is 0 Å². The smallest absolute Gasteiger partial charge is 0.266 e. The predicted molar refractivity (Wildman–Crippen MR) is 145 cm³/mol. The third-order valence-electron chi connectivity index (χ3n) is 11.5. The second-order valence-corrected chi connectivity index (χ2v) is 15.0. The number of fused-ring (bicyclic) bond motifs is 5. The molecule has 0 spiro atoms. The molecule has 224 valence electrons. The van der Waals surface area contributed by atoms with Gasteiger partial charge in [0.15, 0.2) is 0 Å². The molecule has 0 aliphatic heterocycles. The summed E-state index contributed by atoms with van der Waals surface area (Å²) in [6.07, 6.45) is 5.44. The van der Waals surface area contributed by atoms with Gasteiger partial charge < -0.3 is 26.0 Å². The van der Waals surface area contributed by atoms with Crippen molar-refractivity contribution in [3.05, 3.63) is 0 Å². The molecule has 2 amide bonds. The first-order valence-corrected chi connectivity index (χ1v) is 16.3. The average molecular weight is 573 g/mol. The van der Waals surface area contributed by atoms with Crippen LogP contribution >= 0.6 is 0 Å². The van der Waals surface area contributed by atoms with Gasteiger partial charge in [-0.2, -0.15) is 8.42 Å². The first-order chi connectivity index (χ1) is 18.2. The standard InChI is InChI=1S/C28H48N2O8S/c1-16(4-7-24(34)30-15-25(35)29-10-11-39(36,37)38)19-5-6-20-26-21(14-23(33)28(19,20)3)27(2)9-8-18(31)12-17(27)13-22(26)32/h16-23,26,31-33H,4-15H2,1-3H3,(H,29,35)(H,30,34)(H,36,37,38)/t16-,17+,18-,19-,20?,21?,22?,23+,26?,27+,28-/m1/s1. The van der Waals surface area contributed by atoms with Crippen molar-refractivity contribution in [3.8, 4) is 0 Å². The number of amides is 2. The SMILES string of the molecule is C[C@H](CCC(=O)NCC(=O)NCCS(=O)(=O)O)[C@H]1CCC2C3C(O)C[C@@H]4C[C@H](O)CC[C@]4(C)C3C[C@H](O)[C@@]21C. The Labute approximate surface area is 232 Å². The normalized spacial score (nSPS) is 42.5. The van der Waals surface area contributed by atoms with E-state index in [4.69, 9.17) is 4.55 Å². The fourth-order valence-electron chi connectivity index (χ4n) is 9.34. The first kappa shape index (κ1) is 30.7. The zero-order chi connectivity index (χ0) is 28.8.